The summed E-state index contributed by atoms with van der Waals surface area (Å²) in [6.45, 7) is 4.59. The van der Waals surface area contributed by atoms with Gasteiger partial charge in [0.15, 0.2) is 9.84 Å². The van der Waals surface area contributed by atoms with Gasteiger partial charge in [0.2, 0.25) is 0 Å². The number of para-hydroxylation sites is 1. The predicted octanol–water partition coefficient (Wildman–Crippen LogP) is 3.81. The molecule has 0 fully saturated rings. The largest absolute Gasteiger partial charge is 0.382 e. The second-order valence-electron chi connectivity index (χ2n) is 6.19. The SMILES string of the molecule is CC(C)OC(CNc1ccccc1CS(C)(=O)=O)c1ccccc1. The Kier molecular flexibility index (Phi) is 6.40. The van der Waals surface area contributed by atoms with E-state index in [9.17, 15) is 8.42 Å². The Morgan fingerprint density at radius 2 is 1.62 bits per heavy atom. The fourth-order valence-corrected chi connectivity index (χ4v) is 3.36. The molecule has 0 bridgehead atoms. The van der Waals surface area contributed by atoms with E-state index >= 15 is 0 Å². The van der Waals surface area contributed by atoms with E-state index in [1.165, 1.54) is 6.26 Å². The molecule has 0 aliphatic carbocycles. The van der Waals surface area contributed by atoms with Crippen LogP contribution in [0.3, 0.4) is 0 Å². The first-order valence-corrected chi connectivity index (χ1v) is 10.1. The summed E-state index contributed by atoms with van der Waals surface area (Å²) in [4.78, 5) is 0. The van der Waals surface area contributed by atoms with Gasteiger partial charge < -0.3 is 10.1 Å². The Hall–Kier alpha value is -1.85. The van der Waals surface area contributed by atoms with Gasteiger partial charge in [-0.25, -0.2) is 8.42 Å². The number of hydrogen-bond donors (Lipinski definition) is 1. The minimum absolute atomic E-state index is 0.0250. The number of hydrogen-bond acceptors (Lipinski definition) is 4. The van der Waals surface area contributed by atoms with E-state index in [0.717, 1.165) is 16.8 Å². The van der Waals surface area contributed by atoms with Crippen molar-refractivity contribution in [3.05, 3.63) is 65.7 Å². The standard InChI is InChI=1S/C19H25NO3S/c1-15(2)23-19(16-9-5-4-6-10-16)13-20-18-12-8-7-11-17(18)14-24(3,21)22/h4-12,15,19-20H,13-14H2,1-3H3. The van der Waals surface area contributed by atoms with E-state index in [1.54, 1.807) is 0 Å². The average molecular weight is 347 g/mol. The summed E-state index contributed by atoms with van der Waals surface area (Å²) in [5, 5.41) is 3.35. The average Bonchev–Trinajstić information content (AvgIpc) is 2.52. The molecule has 5 heteroatoms. The summed E-state index contributed by atoms with van der Waals surface area (Å²) in [5.41, 5.74) is 2.70. The van der Waals surface area contributed by atoms with E-state index in [4.69, 9.17) is 4.74 Å². The lowest BCUT2D eigenvalue weighted by molar-refractivity contribution is 0.0144. The van der Waals surface area contributed by atoms with Gasteiger partial charge in [0.25, 0.3) is 0 Å². The number of sulfone groups is 1. The lowest BCUT2D eigenvalue weighted by Gasteiger charge is -2.22. The maximum atomic E-state index is 11.6. The molecule has 4 nitrogen and oxygen atoms in total. The second-order valence-corrected chi connectivity index (χ2v) is 8.33. The van der Waals surface area contributed by atoms with Crippen LogP contribution in [0.5, 0.6) is 0 Å². The Morgan fingerprint density at radius 1 is 1.00 bits per heavy atom. The third-order valence-electron chi connectivity index (χ3n) is 3.52. The second kappa shape index (κ2) is 8.31. The molecule has 130 valence electrons. The molecule has 0 saturated carbocycles. The maximum absolute atomic E-state index is 11.6. The number of ether oxygens (including phenoxy) is 1. The topological polar surface area (TPSA) is 55.4 Å². The van der Waals surface area contributed by atoms with Crippen LogP contribution in [-0.4, -0.2) is 27.3 Å². The van der Waals surface area contributed by atoms with Gasteiger partial charge in [0, 0.05) is 18.5 Å². The molecule has 0 saturated heterocycles. The summed E-state index contributed by atoms with van der Waals surface area (Å²) in [7, 11) is -3.08. The van der Waals surface area contributed by atoms with Crippen molar-refractivity contribution in [2.45, 2.75) is 31.8 Å². The number of rotatable bonds is 8. The van der Waals surface area contributed by atoms with Gasteiger partial charge >= 0.3 is 0 Å². The Labute approximate surface area is 144 Å². The van der Waals surface area contributed by atoms with Crippen molar-refractivity contribution in [3.63, 3.8) is 0 Å². The first-order chi connectivity index (χ1) is 11.3. The molecule has 0 heterocycles. The van der Waals surface area contributed by atoms with Crippen molar-refractivity contribution in [1.82, 2.24) is 0 Å². The molecule has 0 amide bonds. The molecular formula is C19H25NO3S. The first kappa shape index (κ1) is 18.5. The molecule has 1 unspecified atom stereocenters. The van der Waals surface area contributed by atoms with Crippen LogP contribution in [0.4, 0.5) is 5.69 Å². The van der Waals surface area contributed by atoms with Crippen molar-refractivity contribution in [3.8, 4) is 0 Å². The van der Waals surface area contributed by atoms with Crippen LogP contribution >= 0.6 is 0 Å². The van der Waals surface area contributed by atoms with Crippen LogP contribution in [0.15, 0.2) is 54.6 Å². The number of benzene rings is 2. The monoisotopic (exact) mass is 347 g/mol. The van der Waals surface area contributed by atoms with Crippen molar-refractivity contribution < 1.29 is 13.2 Å². The third-order valence-corrected chi connectivity index (χ3v) is 4.36. The van der Waals surface area contributed by atoms with Crippen LogP contribution in [0.2, 0.25) is 0 Å². The van der Waals surface area contributed by atoms with Gasteiger partial charge in [0.1, 0.15) is 6.10 Å². The Morgan fingerprint density at radius 3 is 2.25 bits per heavy atom. The molecule has 2 rings (SSSR count). The minimum atomic E-state index is -3.08. The van der Waals surface area contributed by atoms with E-state index in [-0.39, 0.29) is 18.0 Å². The van der Waals surface area contributed by atoms with Crippen LogP contribution < -0.4 is 5.32 Å². The summed E-state index contributed by atoms with van der Waals surface area (Å²) in [6, 6.07) is 17.5. The number of anilines is 1. The lowest BCUT2D eigenvalue weighted by Crippen LogP contribution is -2.20. The summed E-state index contributed by atoms with van der Waals surface area (Å²) in [6.07, 6.45) is 1.25. The fourth-order valence-electron chi connectivity index (χ4n) is 2.54. The summed E-state index contributed by atoms with van der Waals surface area (Å²) < 4.78 is 29.2. The predicted molar refractivity (Wildman–Crippen MR) is 98.9 cm³/mol. The quantitative estimate of drug-likeness (QED) is 0.789. The van der Waals surface area contributed by atoms with Gasteiger partial charge in [0.05, 0.1) is 11.9 Å². The highest BCUT2D eigenvalue weighted by Crippen LogP contribution is 2.23. The zero-order valence-electron chi connectivity index (χ0n) is 14.4. The molecular weight excluding hydrogens is 322 g/mol. The molecule has 0 aliphatic rings. The van der Waals surface area contributed by atoms with E-state index in [0.29, 0.717) is 6.54 Å². The normalized spacial score (nSPS) is 13.0. The Balaban J connectivity index is 2.15. The molecule has 1 N–H and O–H groups in total. The molecule has 24 heavy (non-hydrogen) atoms. The zero-order valence-corrected chi connectivity index (χ0v) is 15.2. The molecule has 0 radical (unpaired) electrons. The molecule has 0 aliphatic heterocycles. The zero-order chi connectivity index (χ0) is 17.6. The van der Waals surface area contributed by atoms with E-state index in [1.807, 2.05) is 68.4 Å². The van der Waals surface area contributed by atoms with Crippen LogP contribution in [0.1, 0.15) is 31.1 Å². The molecule has 1 atom stereocenters. The van der Waals surface area contributed by atoms with Crippen LogP contribution in [-0.2, 0) is 20.3 Å². The highest BCUT2D eigenvalue weighted by atomic mass is 32.2. The van der Waals surface area contributed by atoms with Crippen molar-refractivity contribution in [1.29, 1.82) is 0 Å². The molecule has 2 aromatic rings. The summed E-state index contributed by atoms with van der Waals surface area (Å²) in [5.74, 6) is 0.0250. The first-order valence-electron chi connectivity index (χ1n) is 8.05. The fraction of sp³-hybridized carbons (Fsp3) is 0.368. The third kappa shape index (κ3) is 5.98. The van der Waals surface area contributed by atoms with Crippen LogP contribution in [0, 0.1) is 0 Å². The Bertz CT molecular complexity index is 742. The maximum Gasteiger partial charge on any atom is 0.151 e. The van der Waals surface area contributed by atoms with Crippen molar-refractivity contribution in [2.75, 3.05) is 18.1 Å². The van der Waals surface area contributed by atoms with E-state index < -0.39 is 9.84 Å². The summed E-state index contributed by atoms with van der Waals surface area (Å²) >= 11 is 0. The van der Waals surface area contributed by atoms with Crippen molar-refractivity contribution in [2.24, 2.45) is 0 Å². The van der Waals surface area contributed by atoms with Gasteiger partial charge in [-0.3, -0.25) is 0 Å². The minimum Gasteiger partial charge on any atom is -0.382 e. The molecule has 0 aromatic heterocycles. The van der Waals surface area contributed by atoms with Crippen molar-refractivity contribution >= 4 is 15.5 Å². The van der Waals surface area contributed by atoms with Gasteiger partial charge in [-0.1, -0.05) is 48.5 Å². The van der Waals surface area contributed by atoms with Gasteiger partial charge in [-0.2, -0.15) is 0 Å². The number of nitrogens with one attached hydrogen (secondary N) is 1. The smallest absolute Gasteiger partial charge is 0.151 e. The highest BCUT2D eigenvalue weighted by molar-refractivity contribution is 7.89. The highest BCUT2D eigenvalue weighted by Gasteiger charge is 2.15. The molecule has 0 spiro atoms. The van der Waals surface area contributed by atoms with Gasteiger partial charge in [-0.05, 0) is 31.0 Å². The van der Waals surface area contributed by atoms with E-state index in [2.05, 4.69) is 5.32 Å². The molecule has 2 aromatic carbocycles. The van der Waals surface area contributed by atoms with Gasteiger partial charge in [-0.15, -0.1) is 0 Å². The van der Waals surface area contributed by atoms with Crippen LogP contribution in [0.25, 0.3) is 0 Å². The lowest BCUT2D eigenvalue weighted by atomic mass is 10.1.